The highest BCUT2D eigenvalue weighted by molar-refractivity contribution is 7.15. The molecule has 0 fully saturated rings. The van der Waals surface area contributed by atoms with Crippen molar-refractivity contribution in [3.05, 3.63) is 69.4 Å². The first-order valence-corrected chi connectivity index (χ1v) is 10.3. The van der Waals surface area contributed by atoms with Crippen molar-refractivity contribution in [2.75, 3.05) is 11.9 Å². The molecule has 1 amide bonds. The molecule has 0 radical (unpaired) electrons. The van der Waals surface area contributed by atoms with Crippen LogP contribution in [0.2, 0.25) is 0 Å². The van der Waals surface area contributed by atoms with Crippen LogP contribution in [0.25, 0.3) is 11.1 Å². The average molecular weight is 409 g/mol. The molecule has 2 heterocycles. The van der Waals surface area contributed by atoms with Crippen molar-refractivity contribution in [1.82, 2.24) is 4.98 Å². The molecule has 0 unspecified atom stereocenters. The minimum absolute atomic E-state index is 0.257. The van der Waals surface area contributed by atoms with Crippen molar-refractivity contribution in [1.29, 1.82) is 0 Å². The van der Waals surface area contributed by atoms with Gasteiger partial charge in [-0.05, 0) is 69.0 Å². The van der Waals surface area contributed by atoms with Gasteiger partial charge < -0.3 is 10.1 Å². The van der Waals surface area contributed by atoms with Gasteiger partial charge in [-0.3, -0.25) is 4.79 Å². The van der Waals surface area contributed by atoms with Crippen LogP contribution in [0.4, 0.5) is 5.00 Å². The third-order valence-corrected chi connectivity index (χ3v) is 5.54. The molecule has 1 aromatic carbocycles. The van der Waals surface area contributed by atoms with Gasteiger partial charge in [-0.1, -0.05) is 18.2 Å². The number of pyridine rings is 1. The van der Waals surface area contributed by atoms with E-state index < -0.39 is 5.97 Å². The van der Waals surface area contributed by atoms with E-state index in [-0.39, 0.29) is 12.5 Å². The second-order valence-corrected chi connectivity index (χ2v) is 7.88. The molecule has 0 atom stereocenters. The molecule has 150 valence electrons. The molecule has 0 aliphatic carbocycles. The van der Waals surface area contributed by atoms with Gasteiger partial charge >= 0.3 is 5.97 Å². The normalized spacial score (nSPS) is 10.7. The van der Waals surface area contributed by atoms with E-state index in [1.54, 1.807) is 13.0 Å². The third kappa shape index (κ3) is 4.54. The molecule has 29 heavy (non-hydrogen) atoms. The summed E-state index contributed by atoms with van der Waals surface area (Å²) < 4.78 is 5.27. The van der Waals surface area contributed by atoms with Gasteiger partial charge in [-0.25, -0.2) is 9.78 Å². The van der Waals surface area contributed by atoms with Crippen LogP contribution in [-0.4, -0.2) is 23.5 Å². The van der Waals surface area contributed by atoms with E-state index in [1.165, 1.54) is 16.9 Å². The Balaban J connectivity index is 2.02. The minimum atomic E-state index is -0.453. The molecule has 0 aliphatic rings. The number of anilines is 1. The Hall–Kier alpha value is -2.99. The Labute approximate surface area is 174 Å². The average Bonchev–Trinajstić information content (AvgIpc) is 3.07. The number of aromatic nitrogens is 1. The van der Waals surface area contributed by atoms with Gasteiger partial charge in [0.2, 0.25) is 0 Å². The summed E-state index contributed by atoms with van der Waals surface area (Å²) >= 11 is 1.31. The van der Waals surface area contributed by atoms with E-state index in [9.17, 15) is 9.59 Å². The number of nitrogens with zero attached hydrogens (tertiary/aromatic N) is 1. The number of aryl methyl sites for hydroxylation is 4. The van der Waals surface area contributed by atoms with E-state index in [1.807, 2.05) is 57.3 Å². The van der Waals surface area contributed by atoms with Crippen LogP contribution in [0.5, 0.6) is 0 Å². The van der Waals surface area contributed by atoms with Gasteiger partial charge in [0.1, 0.15) is 16.3 Å². The highest BCUT2D eigenvalue weighted by atomic mass is 32.1. The van der Waals surface area contributed by atoms with Crippen molar-refractivity contribution < 1.29 is 14.3 Å². The number of hydrogen-bond donors (Lipinski definition) is 1. The molecule has 0 saturated carbocycles. The Morgan fingerprint density at radius 3 is 2.48 bits per heavy atom. The summed E-state index contributed by atoms with van der Waals surface area (Å²) in [5.41, 5.74) is 6.39. The number of carbonyl (C=O) groups excluding carboxylic acids is 2. The predicted octanol–water partition coefficient (Wildman–Crippen LogP) is 5.47. The fourth-order valence-electron chi connectivity index (χ4n) is 3.10. The minimum Gasteiger partial charge on any atom is -0.462 e. The lowest BCUT2D eigenvalue weighted by Gasteiger charge is -2.10. The number of thiophene rings is 1. The van der Waals surface area contributed by atoms with Crippen LogP contribution < -0.4 is 5.32 Å². The van der Waals surface area contributed by atoms with Crippen LogP contribution in [0.15, 0.2) is 35.7 Å². The maximum atomic E-state index is 12.8. The van der Waals surface area contributed by atoms with Crippen molar-refractivity contribution in [2.45, 2.75) is 34.6 Å². The van der Waals surface area contributed by atoms with Gasteiger partial charge in [-0.2, -0.15) is 0 Å². The Morgan fingerprint density at radius 1 is 1.07 bits per heavy atom. The van der Waals surface area contributed by atoms with Crippen molar-refractivity contribution in [3.8, 4) is 11.1 Å². The SMILES string of the molecule is CCOC(=O)c1c(-c2ccc(C)c(C)c2)csc1NC(=O)c1cc(C)cc(C)n1. The van der Waals surface area contributed by atoms with Crippen LogP contribution in [0, 0.1) is 27.7 Å². The zero-order valence-corrected chi connectivity index (χ0v) is 18.1. The fourth-order valence-corrected chi connectivity index (χ4v) is 4.05. The highest BCUT2D eigenvalue weighted by Crippen LogP contribution is 2.37. The van der Waals surface area contributed by atoms with Gasteiger partial charge in [0, 0.05) is 16.6 Å². The number of esters is 1. The number of amides is 1. The number of ether oxygens (including phenoxy) is 1. The zero-order chi connectivity index (χ0) is 21.1. The molecule has 0 saturated heterocycles. The monoisotopic (exact) mass is 408 g/mol. The third-order valence-electron chi connectivity index (χ3n) is 4.65. The topological polar surface area (TPSA) is 68.3 Å². The van der Waals surface area contributed by atoms with E-state index in [2.05, 4.69) is 10.3 Å². The Bertz CT molecular complexity index is 1070. The zero-order valence-electron chi connectivity index (χ0n) is 17.3. The van der Waals surface area contributed by atoms with Gasteiger partial charge in [0.15, 0.2) is 0 Å². The highest BCUT2D eigenvalue weighted by Gasteiger charge is 2.23. The van der Waals surface area contributed by atoms with Gasteiger partial charge in [0.05, 0.1) is 6.61 Å². The lowest BCUT2D eigenvalue weighted by Crippen LogP contribution is -2.16. The first-order valence-electron chi connectivity index (χ1n) is 9.43. The molecule has 0 aliphatic heterocycles. The number of rotatable bonds is 5. The van der Waals surface area contributed by atoms with Crippen LogP contribution >= 0.6 is 11.3 Å². The van der Waals surface area contributed by atoms with E-state index >= 15 is 0 Å². The number of benzene rings is 1. The first-order chi connectivity index (χ1) is 13.8. The molecule has 0 bridgehead atoms. The summed E-state index contributed by atoms with van der Waals surface area (Å²) in [7, 11) is 0. The summed E-state index contributed by atoms with van der Waals surface area (Å²) in [4.78, 5) is 29.8. The fraction of sp³-hybridized carbons (Fsp3) is 0.261. The largest absolute Gasteiger partial charge is 0.462 e. The summed E-state index contributed by atoms with van der Waals surface area (Å²) in [6, 6.07) is 9.67. The van der Waals surface area contributed by atoms with Crippen molar-refractivity contribution >= 4 is 28.2 Å². The standard InChI is InChI=1S/C23H24N2O3S/c1-6-28-23(27)20-18(17-8-7-14(3)15(4)11-17)12-29-22(20)25-21(26)19-10-13(2)9-16(5)24-19/h7-12H,6H2,1-5H3,(H,25,26). The van der Waals surface area contributed by atoms with Crippen LogP contribution in [0.1, 0.15) is 50.2 Å². The Kier molecular flexibility index (Phi) is 6.13. The second-order valence-electron chi connectivity index (χ2n) is 7.00. The van der Waals surface area contributed by atoms with E-state index in [4.69, 9.17) is 4.74 Å². The number of hydrogen-bond acceptors (Lipinski definition) is 5. The number of carbonyl (C=O) groups is 2. The molecule has 6 heteroatoms. The van der Waals surface area contributed by atoms with Crippen LogP contribution in [0.3, 0.4) is 0 Å². The summed E-state index contributed by atoms with van der Waals surface area (Å²) in [5, 5.41) is 5.19. The molecular weight excluding hydrogens is 384 g/mol. The first kappa shape index (κ1) is 20.7. The smallest absolute Gasteiger partial charge is 0.341 e. The molecule has 2 aromatic heterocycles. The molecular formula is C23H24N2O3S. The maximum Gasteiger partial charge on any atom is 0.341 e. The van der Waals surface area contributed by atoms with Gasteiger partial charge in [-0.15, -0.1) is 11.3 Å². The predicted molar refractivity (Wildman–Crippen MR) is 117 cm³/mol. The molecule has 1 N–H and O–H groups in total. The van der Waals surface area contributed by atoms with Crippen molar-refractivity contribution in [2.24, 2.45) is 0 Å². The maximum absolute atomic E-state index is 12.8. The lowest BCUT2D eigenvalue weighted by molar-refractivity contribution is 0.0529. The summed E-state index contributed by atoms with van der Waals surface area (Å²) in [6.45, 7) is 9.85. The van der Waals surface area contributed by atoms with E-state index in [0.717, 1.165) is 27.9 Å². The summed E-state index contributed by atoms with van der Waals surface area (Å²) in [6.07, 6.45) is 0. The molecule has 5 nitrogen and oxygen atoms in total. The summed E-state index contributed by atoms with van der Waals surface area (Å²) in [5.74, 6) is -0.804. The lowest BCUT2D eigenvalue weighted by atomic mass is 9.99. The van der Waals surface area contributed by atoms with E-state index in [0.29, 0.717) is 16.3 Å². The van der Waals surface area contributed by atoms with Crippen molar-refractivity contribution in [3.63, 3.8) is 0 Å². The quantitative estimate of drug-likeness (QED) is 0.568. The molecule has 3 rings (SSSR count). The van der Waals surface area contributed by atoms with Crippen LogP contribution in [-0.2, 0) is 4.74 Å². The number of nitrogens with one attached hydrogen (secondary N) is 1. The molecule has 0 spiro atoms. The second kappa shape index (κ2) is 8.57. The molecule has 3 aromatic rings. The Morgan fingerprint density at radius 2 is 1.83 bits per heavy atom. The van der Waals surface area contributed by atoms with Gasteiger partial charge in [0.25, 0.3) is 5.91 Å².